The third-order valence-electron chi connectivity index (χ3n) is 5.89. The summed E-state index contributed by atoms with van der Waals surface area (Å²) in [5, 5.41) is 19.9. The number of halogens is 2. The van der Waals surface area contributed by atoms with Crippen LogP contribution in [0.1, 0.15) is 44.2 Å². The molecular weight excluding hydrogens is 423 g/mol. The molecule has 0 spiro atoms. The van der Waals surface area contributed by atoms with E-state index < -0.39 is 17.2 Å². The van der Waals surface area contributed by atoms with Gasteiger partial charge in [0.15, 0.2) is 5.83 Å². The first-order valence-corrected chi connectivity index (χ1v) is 10.7. The number of allylic oxidation sites excluding steroid dienone is 4. The lowest BCUT2D eigenvalue weighted by Gasteiger charge is -2.37. The van der Waals surface area contributed by atoms with Crippen LogP contribution in [0.25, 0.3) is 0 Å². The van der Waals surface area contributed by atoms with Crippen LogP contribution in [0.4, 0.5) is 16.0 Å². The van der Waals surface area contributed by atoms with Gasteiger partial charge in [0.05, 0.1) is 22.7 Å². The fourth-order valence-electron chi connectivity index (χ4n) is 4.16. The molecule has 0 bridgehead atoms. The molecule has 9 heteroatoms. The van der Waals surface area contributed by atoms with E-state index in [2.05, 4.69) is 20.5 Å². The zero-order valence-corrected chi connectivity index (χ0v) is 17.7. The molecule has 2 heterocycles. The summed E-state index contributed by atoms with van der Waals surface area (Å²) in [6.07, 6.45) is 6.44. The Morgan fingerprint density at radius 3 is 2.87 bits per heavy atom. The van der Waals surface area contributed by atoms with Crippen molar-refractivity contribution in [2.75, 3.05) is 5.32 Å². The summed E-state index contributed by atoms with van der Waals surface area (Å²) in [6.45, 7) is 0. The average molecular weight is 447 g/mol. The quantitative estimate of drug-likeness (QED) is 0.539. The molecule has 0 unspecified atom stereocenters. The molecule has 4 rings (SSSR count). The van der Waals surface area contributed by atoms with Gasteiger partial charge in [0, 0.05) is 24.6 Å². The maximum atomic E-state index is 14.2. The van der Waals surface area contributed by atoms with Crippen molar-refractivity contribution >= 4 is 29.2 Å². The second kappa shape index (κ2) is 9.09. The van der Waals surface area contributed by atoms with Gasteiger partial charge in [-0.3, -0.25) is 9.89 Å². The highest BCUT2D eigenvalue weighted by molar-refractivity contribution is 6.31. The van der Waals surface area contributed by atoms with Crippen molar-refractivity contribution in [1.82, 2.24) is 15.2 Å². The van der Waals surface area contributed by atoms with Crippen LogP contribution >= 0.6 is 11.6 Å². The van der Waals surface area contributed by atoms with Crippen LogP contribution in [-0.4, -0.2) is 32.4 Å². The number of carbonyl (C=O) groups is 1. The normalized spacial score (nSPS) is 23.9. The number of aliphatic carboxylic acids is 1. The number of ether oxygens (including phenoxy) is 1. The van der Waals surface area contributed by atoms with Crippen molar-refractivity contribution < 1.29 is 19.0 Å². The number of nitrogens with zero attached hydrogens (tertiary/aromatic N) is 2. The number of hydrogen-bond donors (Lipinski definition) is 3. The Hall–Kier alpha value is -2.87. The van der Waals surface area contributed by atoms with Crippen LogP contribution in [0.3, 0.4) is 0 Å². The topological polar surface area (TPSA) is 100 Å². The molecule has 1 fully saturated rings. The second-order valence-electron chi connectivity index (χ2n) is 8.02. The first-order chi connectivity index (χ1) is 14.9. The van der Waals surface area contributed by atoms with E-state index in [1.165, 1.54) is 0 Å². The molecule has 2 aliphatic rings. The summed E-state index contributed by atoms with van der Waals surface area (Å²) in [6, 6.07) is 7.28. The highest BCUT2D eigenvalue weighted by Crippen LogP contribution is 2.42. The lowest BCUT2D eigenvalue weighted by atomic mass is 9.70. The van der Waals surface area contributed by atoms with Crippen molar-refractivity contribution in [2.45, 2.75) is 51.0 Å². The van der Waals surface area contributed by atoms with Crippen LogP contribution in [0.2, 0.25) is 0 Å². The lowest BCUT2D eigenvalue weighted by Crippen LogP contribution is -2.39. The summed E-state index contributed by atoms with van der Waals surface area (Å²) < 4.78 is 20.0. The summed E-state index contributed by atoms with van der Waals surface area (Å²) in [4.78, 5) is 16.8. The zero-order valence-electron chi connectivity index (χ0n) is 16.9. The molecular formula is C22H24ClFN4O3. The van der Waals surface area contributed by atoms with Gasteiger partial charge in [0.1, 0.15) is 17.4 Å². The third-order valence-corrected chi connectivity index (χ3v) is 6.21. The molecule has 0 saturated heterocycles. The van der Waals surface area contributed by atoms with E-state index in [4.69, 9.17) is 16.3 Å². The Labute approximate surface area is 184 Å². The van der Waals surface area contributed by atoms with Gasteiger partial charge in [0.2, 0.25) is 0 Å². The number of anilines is 2. The van der Waals surface area contributed by atoms with E-state index in [9.17, 15) is 14.3 Å². The largest absolute Gasteiger partial charge is 0.492 e. The highest BCUT2D eigenvalue weighted by atomic mass is 35.5. The summed E-state index contributed by atoms with van der Waals surface area (Å²) >= 11 is 5.87. The third kappa shape index (κ3) is 4.90. The van der Waals surface area contributed by atoms with Crippen molar-refractivity contribution in [2.24, 2.45) is 5.41 Å². The first-order valence-electron chi connectivity index (χ1n) is 10.3. The highest BCUT2D eigenvalue weighted by Gasteiger charge is 2.43. The Bertz CT molecular complexity index is 998. The molecule has 0 radical (unpaired) electrons. The molecule has 2 aromatic rings. The van der Waals surface area contributed by atoms with Gasteiger partial charge in [0.25, 0.3) is 0 Å². The molecule has 31 heavy (non-hydrogen) atoms. The number of pyridine rings is 1. The Kier molecular flexibility index (Phi) is 6.27. The monoisotopic (exact) mass is 446 g/mol. The maximum Gasteiger partial charge on any atom is 0.310 e. The number of aromatic nitrogens is 3. The molecule has 0 aromatic carbocycles. The fourth-order valence-corrected chi connectivity index (χ4v) is 4.37. The van der Waals surface area contributed by atoms with Crippen LogP contribution in [-0.2, 0) is 16.0 Å². The van der Waals surface area contributed by atoms with Crippen LogP contribution in [0.5, 0.6) is 0 Å². The minimum atomic E-state index is -0.920. The minimum Gasteiger partial charge on any atom is -0.492 e. The van der Waals surface area contributed by atoms with E-state index in [-0.39, 0.29) is 16.9 Å². The van der Waals surface area contributed by atoms with Crippen molar-refractivity contribution in [3.63, 3.8) is 0 Å². The molecule has 7 nitrogen and oxygen atoms in total. The standard InChI is InChI=1S/C22H24ClFN4O3/c23-16-4-2-5-17(20(16)24)31-15-7-10-22(11-8-15,21(29)30)13-14-3-1-6-18(26-14)27-19-9-12-25-28-19/h1,3-4,6,9,12,15H,2,5,7-8,10-11,13H2,(H,29,30)(H2,25,26,27,28). The predicted octanol–water partition coefficient (Wildman–Crippen LogP) is 5.22. The molecule has 164 valence electrons. The SMILES string of the molecule is O=C(O)C1(Cc2cccc(Nc3ccn[nH]3)n2)CCC(OC2=C(F)C(Cl)=CCC2)CC1. The predicted molar refractivity (Wildman–Crippen MR) is 115 cm³/mol. The van der Waals surface area contributed by atoms with Crippen molar-refractivity contribution in [3.05, 3.63) is 58.9 Å². The lowest BCUT2D eigenvalue weighted by molar-refractivity contribution is -0.152. The number of carboxylic acid groups (broad SMARTS) is 1. The Morgan fingerprint density at radius 2 is 2.16 bits per heavy atom. The number of H-pyrrole nitrogens is 1. The number of carboxylic acids is 1. The van der Waals surface area contributed by atoms with E-state index in [0.717, 1.165) is 0 Å². The van der Waals surface area contributed by atoms with E-state index in [0.29, 0.717) is 62.3 Å². The summed E-state index contributed by atoms with van der Waals surface area (Å²) in [5.74, 6) is 0.250. The van der Waals surface area contributed by atoms with Gasteiger partial charge in [-0.2, -0.15) is 5.10 Å². The van der Waals surface area contributed by atoms with Crippen molar-refractivity contribution in [3.8, 4) is 0 Å². The van der Waals surface area contributed by atoms with Gasteiger partial charge in [-0.15, -0.1) is 0 Å². The number of hydrogen-bond acceptors (Lipinski definition) is 5. The molecule has 3 N–H and O–H groups in total. The van der Waals surface area contributed by atoms with Crippen LogP contribution < -0.4 is 5.32 Å². The Morgan fingerprint density at radius 1 is 1.35 bits per heavy atom. The van der Waals surface area contributed by atoms with E-state index in [1.807, 2.05) is 18.2 Å². The van der Waals surface area contributed by atoms with Gasteiger partial charge in [-0.05, 0) is 44.2 Å². The molecule has 2 aliphatic carbocycles. The van der Waals surface area contributed by atoms with Gasteiger partial charge >= 0.3 is 5.97 Å². The van der Waals surface area contributed by atoms with E-state index in [1.54, 1.807) is 18.3 Å². The van der Waals surface area contributed by atoms with Gasteiger partial charge in [-0.1, -0.05) is 23.7 Å². The molecule has 1 saturated carbocycles. The maximum absolute atomic E-state index is 14.2. The van der Waals surface area contributed by atoms with Crippen LogP contribution in [0, 0.1) is 5.41 Å². The van der Waals surface area contributed by atoms with Crippen LogP contribution in [0.15, 0.2) is 53.2 Å². The molecule has 0 atom stereocenters. The smallest absolute Gasteiger partial charge is 0.310 e. The van der Waals surface area contributed by atoms with Gasteiger partial charge < -0.3 is 15.2 Å². The van der Waals surface area contributed by atoms with Crippen molar-refractivity contribution in [1.29, 1.82) is 0 Å². The van der Waals surface area contributed by atoms with Gasteiger partial charge in [-0.25, -0.2) is 9.37 Å². The number of rotatable bonds is 7. The Balaban J connectivity index is 1.42. The summed E-state index contributed by atoms with van der Waals surface area (Å²) in [5.41, 5.74) is -0.222. The molecule has 0 amide bonds. The molecule has 2 aromatic heterocycles. The summed E-state index contributed by atoms with van der Waals surface area (Å²) in [7, 11) is 0. The first kappa shape index (κ1) is 21.4. The zero-order chi connectivity index (χ0) is 21.8. The fraction of sp³-hybridized carbons (Fsp3) is 0.409. The molecule has 0 aliphatic heterocycles. The average Bonchev–Trinajstić information content (AvgIpc) is 3.26. The second-order valence-corrected chi connectivity index (χ2v) is 8.42. The minimum absolute atomic E-state index is 0.0895. The van der Waals surface area contributed by atoms with E-state index >= 15 is 0 Å². The number of nitrogens with one attached hydrogen (secondary N) is 2. The number of aromatic amines is 1.